The highest BCUT2D eigenvalue weighted by molar-refractivity contribution is 9.10. The topological polar surface area (TPSA) is 67.0 Å². The van der Waals surface area contributed by atoms with E-state index in [2.05, 4.69) is 31.4 Å². The largest absolute Gasteiger partial charge is 0.382 e. The smallest absolute Gasteiger partial charge is 0.280 e. The molecule has 1 aliphatic heterocycles. The van der Waals surface area contributed by atoms with Crippen LogP contribution >= 0.6 is 15.9 Å². The monoisotopic (exact) mass is 287 g/mol. The fourth-order valence-corrected chi connectivity index (χ4v) is 2.04. The number of aromatic amines is 1. The van der Waals surface area contributed by atoms with Crippen molar-refractivity contribution in [3.05, 3.63) is 21.0 Å². The molecule has 1 aromatic heterocycles. The standard InChI is InChI=1S/C10H14BrN3O2/c11-9-8(6-13-14-10(9)15)12-5-7-1-3-16-4-2-7/h6-7H,1-5H2,(H2,12,14,15). The van der Waals surface area contributed by atoms with Crippen LogP contribution in [0.3, 0.4) is 0 Å². The van der Waals surface area contributed by atoms with Gasteiger partial charge in [0.1, 0.15) is 4.47 Å². The first kappa shape index (κ1) is 11.6. The van der Waals surface area contributed by atoms with E-state index in [4.69, 9.17) is 4.74 Å². The fraction of sp³-hybridized carbons (Fsp3) is 0.600. The van der Waals surface area contributed by atoms with Gasteiger partial charge in [-0.25, -0.2) is 5.10 Å². The molecule has 6 heteroatoms. The second kappa shape index (κ2) is 5.45. The lowest BCUT2D eigenvalue weighted by atomic mass is 10.0. The van der Waals surface area contributed by atoms with Gasteiger partial charge in [-0.2, -0.15) is 5.10 Å². The van der Waals surface area contributed by atoms with E-state index in [1.807, 2.05) is 0 Å². The van der Waals surface area contributed by atoms with E-state index < -0.39 is 0 Å². The summed E-state index contributed by atoms with van der Waals surface area (Å²) >= 11 is 3.23. The highest BCUT2D eigenvalue weighted by Gasteiger charge is 2.14. The lowest BCUT2D eigenvalue weighted by Gasteiger charge is -2.22. The molecule has 1 saturated heterocycles. The molecule has 0 saturated carbocycles. The predicted octanol–water partition coefficient (Wildman–Crippen LogP) is 1.37. The minimum Gasteiger partial charge on any atom is -0.382 e. The summed E-state index contributed by atoms with van der Waals surface area (Å²) in [5.41, 5.74) is 0.534. The van der Waals surface area contributed by atoms with Gasteiger partial charge in [0, 0.05) is 19.8 Å². The molecule has 0 amide bonds. The molecule has 0 aliphatic carbocycles. The number of ether oxygens (including phenoxy) is 1. The number of hydrogen-bond acceptors (Lipinski definition) is 4. The molecule has 88 valence electrons. The number of nitrogens with one attached hydrogen (secondary N) is 2. The first-order chi connectivity index (χ1) is 7.77. The molecular formula is C10H14BrN3O2. The highest BCUT2D eigenvalue weighted by atomic mass is 79.9. The van der Waals surface area contributed by atoms with Crippen LogP contribution < -0.4 is 10.9 Å². The molecular weight excluding hydrogens is 274 g/mol. The SMILES string of the molecule is O=c1[nH]ncc(NCC2CCOCC2)c1Br. The van der Waals surface area contributed by atoms with E-state index in [9.17, 15) is 4.79 Å². The zero-order valence-corrected chi connectivity index (χ0v) is 10.4. The molecule has 0 atom stereocenters. The van der Waals surface area contributed by atoms with Gasteiger partial charge < -0.3 is 10.1 Å². The maximum absolute atomic E-state index is 11.3. The Bertz CT molecular complexity index is 401. The molecule has 2 heterocycles. The summed E-state index contributed by atoms with van der Waals surface area (Å²) in [6.07, 6.45) is 3.76. The Kier molecular flexibility index (Phi) is 3.95. The van der Waals surface area contributed by atoms with Gasteiger partial charge >= 0.3 is 0 Å². The molecule has 2 rings (SSSR count). The van der Waals surface area contributed by atoms with Crippen molar-refractivity contribution in [2.75, 3.05) is 25.1 Å². The van der Waals surface area contributed by atoms with Gasteiger partial charge in [-0.15, -0.1) is 0 Å². The van der Waals surface area contributed by atoms with E-state index in [1.165, 1.54) is 0 Å². The molecule has 5 nitrogen and oxygen atoms in total. The van der Waals surface area contributed by atoms with Crippen LogP contribution in [-0.2, 0) is 4.74 Å². The molecule has 0 radical (unpaired) electrons. The molecule has 1 fully saturated rings. The van der Waals surface area contributed by atoms with Gasteiger partial charge in [0.2, 0.25) is 0 Å². The van der Waals surface area contributed by atoms with Crippen LogP contribution in [0.2, 0.25) is 0 Å². The van der Waals surface area contributed by atoms with Crippen LogP contribution in [-0.4, -0.2) is 30.0 Å². The normalized spacial score (nSPS) is 17.3. The van der Waals surface area contributed by atoms with Crippen molar-refractivity contribution in [2.45, 2.75) is 12.8 Å². The van der Waals surface area contributed by atoms with E-state index in [0.717, 1.165) is 38.3 Å². The average molecular weight is 288 g/mol. The van der Waals surface area contributed by atoms with Crippen LogP contribution in [0.15, 0.2) is 15.5 Å². The minimum absolute atomic E-state index is 0.211. The number of aromatic nitrogens is 2. The van der Waals surface area contributed by atoms with Crippen LogP contribution in [0.4, 0.5) is 5.69 Å². The van der Waals surface area contributed by atoms with E-state index in [-0.39, 0.29) is 5.56 Å². The van der Waals surface area contributed by atoms with Gasteiger partial charge in [-0.05, 0) is 34.7 Å². The average Bonchev–Trinajstić information content (AvgIpc) is 2.32. The predicted molar refractivity (Wildman–Crippen MR) is 64.6 cm³/mol. The minimum atomic E-state index is -0.211. The second-order valence-corrected chi connectivity index (χ2v) is 4.66. The molecule has 0 bridgehead atoms. The number of hydrogen-bond donors (Lipinski definition) is 2. The number of rotatable bonds is 3. The lowest BCUT2D eigenvalue weighted by Crippen LogP contribution is -2.23. The molecule has 2 N–H and O–H groups in total. The molecule has 16 heavy (non-hydrogen) atoms. The first-order valence-electron chi connectivity index (χ1n) is 5.32. The Labute approximate surface area is 102 Å². The summed E-state index contributed by atoms with van der Waals surface area (Å²) in [6, 6.07) is 0. The second-order valence-electron chi connectivity index (χ2n) is 3.86. The Morgan fingerprint density at radius 3 is 3.06 bits per heavy atom. The molecule has 0 spiro atoms. The third-order valence-electron chi connectivity index (χ3n) is 2.72. The Morgan fingerprint density at radius 1 is 1.56 bits per heavy atom. The van der Waals surface area contributed by atoms with Crippen molar-refractivity contribution < 1.29 is 4.74 Å². The maximum atomic E-state index is 11.3. The third-order valence-corrected chi connectivity index (χ3v) is 3.50. The van der Waals surface area contributed by atoms with Crippen LogP contribution in [0.25, 0.3) is 0 Å². The lowest BCUT2D eigenvalue weighted by molar-refractivity contribution is 0.0699. The van der Waals surface area contributed by atoms with E-state index >= 15 is 0 Å². The van der Waals surface area contributed by atoms with Crippen molar-refractivity contribution in [2.24, 2.45) is 5.92 Å². The van der Waals surface area contributed by atoms with Gasteiger partial charge in [0.25, 0.3) is 5.56 Å². The van der Waals surface area contributed by atoms with Gasteiger partial charge in [0.05, 0.1) is 11.9 Å². The first-order valence-corrected chi connectivity index (χ1v) is 6.11. The zero-order chi connectivity index (χ0) is 11.4. The third kappa shape index (κ3) is 2.82. The summed E-state index contributed by atoms with van der Waals surface area (Å²) < 4.78 is 5.80. The Hall–Kier alpha value is -0.880. The summed E-state index contributed by atoms with van der Waals surface area (Å²) in [6.45, 7) is 2.52. The van der Waals surface area contributed by atoms with Crippen LogP contribution in [0.1, 0.15) is 12.8 Å². The van der Waals surface area contributed by atoms with Gasteiger partial charge in [-0.1, -0.05) is 0 Å². The zero-order valence-electron chi connectivity index (χ0n) is 8.83. The maximum Gasteiger partial charge on any atom is 0.280 e. The number of halogens is 1. The quantitative estimate of drug-likeness (QED) is 0.881. The van der Waals surface area contributed by atoms with Crippen LogP contribution in [0.5, 0.6) is 0 Å². The molecule has 0 unspecified atom stereocenters. The van der Waals surface area contributed by atoms with E-state index in [1.54, 1.807) is 6.20 Å². The molecule has 0 aromatic carbocycles. The van der Waals surface area contributed by atoms with Crippen LogP contribution in [0, 0.1) is 5.92 Å². The van der Waals surface area contributed by atoms with Crippen molar-refractivity contribution >= 4 is 21.6 Å². The summed E-state index contributed by atoms with van der Waals surface area (Å²) in [7, 11) is 0. The van der Waals surface area contributed by atoms with Crippen molar-refractivity contribution in [1.82, 2.24) is 10.2 Å². The summed E-state index contributed by atoms with van der Waals surface area (Å²) in [5.74, 6) is 0.611. The van der Waals surface area contributed by atoms with Gasteiger partial charge in [-0.3, -0.25) is 4.79 Å². The van der Waals surface area contributed by atoms with E-state index in [0.29, 0.717) is 10.4 Å². The number of nitrogens with zero attached hydrogens (tertiary/aromatic N) is 1. The summed E-state index contributed by atoms with van der Waals surface area (Å²) in [5, 5.41) is 9.36. The van der Waals surface area contributed by atoms with Crippen molar-refractivity contribution in [3.8, 4) is 0 Å². The van der Waals surface area contributed by atoms with Crippen molar-refractivity contribution in [1.29, 1.82) is 0 Å². The Morgan fingerprint density at radius 2 is 2.31 bits per heavy atom. The van der Waals surface area contributed by atoms with Crippen molar-refractivity contribution in [3.63, 3.8) is 0 Å². The highest BCUT2D eigenvalue weighted by Crippen LogP contribution is 2.19. The molecule has 1 aliphatic rings. The van der Waals surface area contributed by atoms with Gasteiger partial charge in [0.15, 0.2) is 0 Å². The number of H-pyrrole nitrogens is 1. The Balaban J connectivity index is 1.93. The number of anilines is 1. The fourth-order valence-electron chi connectivity index (χ4n) is 1.71. The summed E-state index contributed by atoms with van der Waals surface area (Å²) in [4.78, 5) is 11.3. The molecule has 1 aromatic rings.